The van der Waals surface area contributed by atoms with Crippen molar-refractivity contribution in [3.8, 4) is 0 Å². The molecule has 140 valence electrons. The van der Waals surface area contributed by atoms with E-state index in [1.54, 1.807) is 6.07 Å². The highest BCUT2D eigenvalue weighted by Gasteiger charge is 2.26. The SMILES string of the molecule is Clc1cccc(Sc2nc(Nc3cc(C4CC4)n[nH]3)c3ccccc3n2)c1Cl. The van der Waals surface area contributed by atoms with Crippen molar-refractivity contribution in [2.75, 3.05) is 5.32 Å². The van der Waals surface area contributed by atoms with Gasteiger partial charge in [0, 0.05) is 22.3 Å². The molecule has 2 aromatic heterocycles. The number of nitrogens with one attached hydrogen (secondary N) is 2. The Balaban J connectivity index is 1.52. The van der Waals surface area contributed by atoms with Gasteiger partial charge in [0.25, 0.3) is 0 Å². The zero-order chi connectivity index (χ0) is 19.1. The number of para-hydroxylation sites is 1. The smallest absolute Gasteiger partial charge is 0.195 e. The standard InChI is InChI=1S/C20H15Cl2N5S/c21-13-5-3-7-16(18(13)22)28-20-23-14-6-2-1-4-12(14)19(25-20)24-17-10-15(26-27-17)11-8-9-11/h1-7,10-11H,8-9H2,(H2,23,24,25,26,27). The molecule has 5 rings (SSSR count). The molecule has 5 nitrogen and oxygen atoms in total. The predicted molar refractivity (Wildman–Crippen MR) is 114 cm³/mol. The van der Waals surface area contributed by atoms with E-state index in [0.29, 0.717) is 21.1 Å². The Morgan fingerprint density at radius 2 is 1.89 bits per heavy atom. The first-order chi connectivity index (χ1) is 13.7. The fraction of sp³-hybridized carbons (Fsp3) is 0.150. The van der Waals surface area contributed by atoms with Crippen molar-refractivity contribution < 1.29 is 0 Å². The molecule has 2 aromatic carbocycles. The third kappa shape index (κ3) is 3.55. The lowest BCUT2D eigenvalue weighted by Gasteiger charge is -2.10. The Bertz CT molecular complexity index is 1170. The van der Waals surface area contributed by atoms with Crippen LogP contribution in [0.3, 0.4) is 0 Å². The van der Waals surface area contributed by atoms with Crippen LogP contribution in [0, 0.1) is 0 Å². The fourth-order valence-corrected chi connectivity index (χ4v) is 4.27. The average Bonchev–Trinajstić information content (AvgIpc) is 3.45. The van der Waals surface area contributed by atoms with Gasteiger partial charge in [-0.05, 0) is 48.9 Å². The van der Waals surface area contributed by atoms with Crippen molar-refractivity contribution in [1.29, 1.82) is 0 Å². The molecule has 0 bridgehead atoms. The molecule has 1 aliphatic carbocycles. The molecule has 1 aliphatic rings. The third-order valence-electron chi connectivity index (χ3n) is 4.55. The van der Waals surface area contributed by atoms with Gasteiger partial charge in [0.1, 0.15) is 11.6 Å². The number of aromatic amines is 1. The summed E-state index contributed by atoms with van der Waals surface area (Å²) in [6, 6.07) is 15.5. The van der Waals surface area contributed by atoms with Gasteiger partial charge in [-0.1, -0.05) is 41.4 Å². The largest absolute Gasteiger partial charge is 0.325 e. The van der Waals surface area contributed by atoms with Crippen LogP contribution in [0.2, 0.25) is 10.0 Å². The molecule has 0 amide bonds. The fourth-order valence-electron chi connectivity index (χ4n) is 2.97. The van der Waals surface area contributed by atoms with Gasteiger partial charge in [-0.25, -0.2) is 9.97 Å². The predicted octanol–water partition coefficient (Wildman–Crippen LogP) is 6.43. The van der Waals surface area contributed by atoms with E-state index in [-0.39, 0.29) is 0 Å². The van der Waals surface area contributed by atoms with Crippen molar-refractivity contribution in [3.63, 3.8) is 0 Å². The van der Waals surface area contributed by atoms with E-state index in [2.05, 4.69) is 26.6 Å². The van der Waals surface area contributed by atoms with Crippen LogP contribution in [0.5, 0.6) is 0 Å². The lowest BCUT2D eigenvalue weighted by molar-refractivity contribution is 0.964. The molecule has 0 spiro atoms. The number of halogens is 2. The maximum atomic E-state index is 6.33. The molecule has 4 aromatic rings. The van der Waals surface area contributed by atoms with Gasteiger partial charge < -0.3 is 5.32 Å². The van der Waals surface area contributed by atoms with E-state index in [1.807, 2.05) is 36.4 Å². The van der Waals surface area contributed by atoms with Gasteiger partial charge in [0.15, 0.2) is 5.16 Å². The van der Waals surface area contributed by atoms with Crippen LogP contribution in [0.1, 0.15) is 24.5 Å². The number of H-pyrrole nitrogens is 1. The summed E-state index contributed by atoms with van der Waals surface area (Å²) in [5.41, 5.74) is 1.95. The van der Waals surface area contributed by atoms with Gasteiger partial charge in [-0.3, -0.25) is 5.10 Å². The van der Waals surface area contributed by atoms with Crippen LogP contribution in [0.25, 0.3) is 10.9 Å². The summed E-state index contributed by atoms with van der Waals surface area (Å²) in [6.45, 7) is 0. The molecule has 2 heterocycles. The number of nitrogens with zero attached hydrogens (tertiary/aromatic N) is 3. The van der Waals surface area contributed by atoms with Crippen LogP contribution in [0.15, 0.2) is 58.6 Å². The van der Waals surface area contributed by atoms with Crippen molar-refractivity contribution in [2.24, 2.45) is 0 Å². The van der Waals surface area contributed by atoms with Gasteiger partial charge in [0.05, 0.1) is 21.3 Å². The summed E-state index contributed by atoms with van der Waals surface area (Å²) < 4.78 is 0. The zero-order valence-electron chi connectivity index (χ0n) is 14.6. The molecule has 0 atom stereocenters. The van der Waals surface area contributed by atoms with Crippen LogP contribution in [-0.2, 0) is 0 Å². The monoisotopic (exact) mass is 427 g/mol. The lowest BCUT2D eigenvalue weighted by Crippen LogP contribution is -1.99. The number of hydrogen-bond acceptors (Lipinski definition) is 5. The molecule has 2 N–H and O–H groups in total. The number of hydrogen-bond donors (Lipinski definition) is 2. The second-order valence-corrected chi connectivity index (χ2v) is 8.43. The van der Waals surface area contributed by atoms with Crippen molar-refractivity contribution in [3.05, 3.63) is 64.3 Å². The van der Waals surface area contributed by atoms with Crippen LogP contribution in [0.4, 0.5) is 11.6 Å². The Morgan fingerprint density at radius 3 is 2.75 bits per heavy atom. The van der Waals surface area contributed by atoms with Gasteiger partial charge >= 0.3 is 0 Å². The summed E-state index contributed by atoms with van der Waals surface area (Å²) in [5, 5.41) is 13.4. The second kappa shape index (κ2) is 7.28. The Kier molecular flexibility index (Phi) is 4.62. The first kappa shape index (κ1) is 17.8. The maximum absolute atomic E-state index is 6.33. The average molecular weight is 428 g/mol. The summed E-state index contributed by atoms with van der Waals surface area (Å²) in [5.74, 6) is 2.13. The zero-order valence-corrected chi connectivity index (χ0v) is 16.9. The molecule has 0 radical (unpaired) electrons. The van der Waals surface area contributed by atoms with Crippen LogP contribution in [-0.4, -0.2) is 20.2 Å². The van der Waals surface area contributed by atoms with Crippen molar-refractivity contribution >= 4 is 57.5 Å². The number of rotatable bonds is 5. The minimum atomic E-state index is 0.503. The van der Waals surface area contributed by atoms with Crippen molar-refractivity contribution in [2.45, 2.75) is 28.8 Å². The molecular formula is C20H15Cl2N5S. The van der Waals surface area contributed by atoms with E-state index in [9.17, 15) is 0 Å². The highest BCUT2D eigenvalue weighted by atomic mass is 35.5. The van der Waals surface area contributed by atoms with Gasteiger partial charge in [-0.2, -0.15) is 5.10 Å². The lowest BCUT2D eigenvalue weighted by atomic mass is 10.2. The van der Waals surface area contributed by atoms with Gasteiger partial charge in [0.2, 0.25) is 0 Å². The number of aromatic nitrogens is 4. The second-order valence-electron chi connectivity index (χ2n) is 6.63. The molecule has 1 fully saturated rings. The number of fused-ring (bicyclic) bond motifs is 1. The first-order valence-corrected chi connectivity index (χ1v) is 10.5. The number of benzene rings is 2. The molecular weight excluding hydrogens is 413 g/mol. The quantitative estimate of drug-likeness (QED) is 0.359. The van der Waals surface area contributed by atoms with Crippen LogP contribution < -0.4 is 5.32 Å². The normalized spacial score (nSPS) is 13.8. The number of anilines is 2. The molecule has 1 saturated carbocycles. The highest BCUT2D eigenvalue weighted by Crippen LogP contribution is 2.40. The molecule has 28 heavy (non-hydrogen) atoms. The summed E-state index contributed by atoms with van der Waals surface area (Å²) in [7, 11) is 0. The van der Waals surface area contributed by atoms with E-state index >= 15 is 0 Å². The van der Waals surface area contributed by atoms with E-state index < -0.39 is 0 Å². The molecule has 0 saturated heterocycles. The van der Waals surface area contributed by atoms with E-state index in [0.717, 1.165) is 33.1 Å². The first-order valence-electron chi connectivity index (χ1n) is 8.88. The Labute approximate surface area is 175 Å². The Hall–Kier alpha value is -2.28. The summed E-state index contributed by atoms with van der Waals surface area (Å²) >= 11 is 13.9. The highest BCUT2D eigenvalue weighted by molar-refractivity contribution is 7.99. The Morgan fingerprint density at radius 1 is 1.04 bits per heavy atom. The van der Waals surface area contributed by atoms with E-state index in [1.165, 1.54) is 24.6 Å². The van der Waals surface area contributed by atoms with Crippen LogP contribution >= 0.6 is 35.0 Å². The molecule has 0 aliphatic heterocycles. The minimum Gasteiger partial charge on any atom is -0.325 e. The third-order valence-corrected chi connectivity index (χ3v) is 6.40. The maximum Gasteiger partial charge on any atom is 0.195 e. The van der Waals surface area contributed by atoms with Crippen molar-refractivity contribution in [1.82, 2.24) is 20.2 Å². The minimum absolute atomic E-state index is 0.503. The topological polar surface area (TPSA) is 66.5 Å². The summed E-state index contributed by atoms with van der Waals surface area (Å²) in [6.07, 6.45) is 2.42. The van der Waals surface area contributed by atoms with E-state index in [4.69, 9.17) is 28.2 Å². The molecule has 0 unspecified atom stereocenters. The summed E-state index contributed by atoms with van der Waals surface area (Å²) in [4.78, 5) is 10.2. The van der Waals surface area contributed by atoms with Gasteiger partial charge in [-0.15, -0.1) is 0 Å². The molecule has 8 heteroatoms.